The quantitative estimate of drug-likeness (QED) is 0.905. The van der Waals surface area contributed by atoms with Crippen LogP contribution in [0.1, 0.15) is 33.7 Å². The molecule has 0 radical (unpaired) electrons. The van der Waals surface area contributed by atoms with E-state index in [-0.39, 0.29) is 29.4 Å². The zero-order valence-corrected chi connectivity index (χ0v) is 12.0. The number of pyridine rings is 1. The normalized spacial score (nSPS) is 11.5. The fourth-order valence-corrected chi connectivity index (χ4v) is 2.22. The van der Waals surface area contributed by atoms with Crippen molar-refractivity contribution >= 4 is 10.9 Å². The molecule has 0 saturated heterocycles. The molecule has 0 saturated carbocycles. The fourth-order valence-electron chi connectivity index (χ4n) is 2.22. The van der Waals surface area contributed by atoms with Crippen LogP contribution in [0.2, 0.25) is 0 Å². The van der Waals surface area contributed by atoms with Gasteiger partial charge in [0, 0.05) is 17.5 Å². The van der Waals surface area contributed by atoms with Gasteiger partial charge in [-0.05, 0) is 39.8 Å². The van der Waals surface area contributed by atoms with Crippen LogP contribution in [-0.2, 0) is 0 Å². The van der Waals surface area contributed by atoms with E-state index in [0.29, 0.717) is 10.9 Å². The Labute approximate surface area is 117 Å². The van der Waals surface area contributed by atoms with Crippen LogP contribution in [-0.4, -0.2) is 20.9 Å². The van der Waals surface area contributed by atoms with Gasteiger partial charge in [-0.1, -0.05) is 0 Å². The number of aromatic hydroxyl groups is 2. The van der Waals surface area contributed by atoms with E-state index < -0.39 is 5.56 Å². The SMILES string of the molecule is CC(C)Oc1c(O)c2ccc(O)cc2n(C(C)C)c1=O. The second-order valence-electron chi connectivity index (χ2n) is 5.31. The summed E-state index contributed by atoms with van der Waals surface area (Å²) in [7, 11) is 0. The summed E-state index contributed by atoms with van der Waals surface area (Å²) in [5, 5.41) is 20.3. The van der Waals surface area contributed by atoms with Crippen molar-refractivity contribution in [3.05, 3.63) is 28.6 Å². The molecule has 5 heteroatoms. The van der Waals surface area contributed by atoms with Crippen molar-refractivity contribution in [1.82, 2.24) is 4.57 Å². The predicted octanol–water partition coefficient (Wildman–Crippen LogP) is 2.78. The minimum Gasteiger partial charge on any atom is -0.508 e. The van der Waals surface area contributed by atoms with Crippen LogP contribution in [0.3, 0.4) is 0 Å². The number of fused-ring (bicyclic) bond motifs is 1. The summed E-state index contributed by atoms with van der Waals surface area (Å²) in [5.74, 6) is -0.189. The number of aromatic nitrogens is 1. The smallest absolute Gasteiger partial charge is 0.297 e. The van der Waals surface area contributed by atoms with Crippen LogP contribution in [0.4, 0.5) is 0 Å². The monoisotopic (exact) mass is 277 g/mol. The van der Waals surface area contributed by atoms with E-state index in [4.69, 9.17) is 4.74 Å². The van der Waals surface area contributed by atoms with Crippen LogP contribution in [0, 0.1) is 0 Å². The first-order valence-corrected chi connectivity index (χ1v) is 6.59. The molecule has 2 aromatic rings. The first-order valence-electron chi connectivity index (χ1n) is 6.59. The highest BCUT2D eigenvalue weighted by molar-refractivity contribution is 5.88. The summed E-state index contributed by atoms with van der Waals surface area (Å²) < 4.78 is 6.97. The Morgan fingerprint density at radius 1 is 1.15 bits per heavy atom. The van der Waals surface area contributed by atoms with Crippen LogP contribution < -0.4 is 10.3 Å². The summed E-state index contributed by atoms with van der Waals surface area (Å²) in [6.45, 7) is 7.31. The minimum atomic E-state index is -0.399. The molecule has 2 N–H and O–H groups in total. The van der Waals surface area contributed by atoms with Gasteiger partial charge in [0.2, 0.25) is 5.75 Å². The van der Waals surface area contributed by atoms with E-state index in [0.717, 1.165) is 0 Å². The van der Waals surface area contributed by atoms with Gasteiger partial charge in [-0.15, -0.1) is 0 Å². The Bertz CT molecular complexity index is 701. The van der Waals surface area contributed by atoms with E-state index in [1.807, 2.05) is 13.8 Å². The van der Waals surface area contributed by atoms with Crippen molar-refractivity contribution in [2.75, 3.05) is 0 Å². The largest absolute Gasteiger partial charge is 0.508 e. The predicted molar refractivity (Wildman–Crippen MR) is 77.7 cm³/mol. The molecule has 0 unspecified atom stereocenters. The number of hydrogen-bond donors (Lipinski definition) is 2. The molecule has 0 aliphatic carbocycles. The van der Waals surface area contributed by atoms with Gasteiger partial charge in [-0.3, -0.25) is 4.79 Å². The molecule has 1 aromatic heterocycles. The summed E-state index contributed by atoms with van der Waals surface area (Å²) in [5.41, 5.74) is 0.0860. The lowest BCUT2D eigenvalue weighted by Crippen LogP contribution is -2.25. The number of hydrogen-bond acceptors (Lipinski definition) is 4. The van der Waals surface area contributed by atoms with Gasteiger partial charge in [0.25, 0.3) is 5.56 Å². The van der Waals surface area contributed by atoms with Crippen LogP contribution in [0.5, 0.6) is 17.2 Å². The Hall–Kier alpha value is -2.17. The molecule has 0 aliphatic rings. The number of ether oxygens (including phenoxy) is 1. The molecular formula is C15H19NO4. The Kier molecular flexibility index (Phi) is 3.61. The molecule has 1 aromatic carbocycles. The van der Waals surface area contributed by atoms with Crippen LogP contribution in [0.15, 0.2) is 23.0 Å². The Morgan fingerprint density at radius 3 is 2.35 bits per heavy atom. The van der Waals surface area contributed by atoms with Gasteiger partial charge in [0.05, 0.1) is 11.6 Å². The molecule has 0 spiro atoms. The fraction of sp³-hybridized carbons (Fsp3) is 0.400. The van der Waals surface area contributed by atoms with Gasteiger partial charge in [-0.25, -0.2) is 0 Å². The summed E-state index contributed by atoms with van der Waals surface area (Å²) in [6.07, 6.45) is -0.219. The molecular weight excluding hydrogens is 258 g/mol. The average Bonchev–Trinajstić information content (AvgIpc) is 2.33. The maximum atomic E-state index is 12.5. The maximum absolute atomic E-state index is 12.5. The molecule has 0 bridgehead atoms. The van der Waals surface area contributed by atoms with Crippen LogP contribution in [0.25, 0.3) is 10.9 Å². The van der Waals surface area contributed by atoms with E-state index in [1.165, 1.54) is 16.7 Å². The van der Waals surface area contributed by atoms with E-state index >= 15 is 0 Å². The molecule has 0 amide bonds. The van der Waals surface area contributed by atoms with E-state index in [2.05, 4.69) is 0 Å². The molecule has 20 heavy (non-hydrogen) atoms. The molecule has 0 atom stereocenters. The first-order chi connectivity index (χ1) is 9.32. The van der Waals surface area contributed by atoms with Gasteiger partial charge in [0.1, 0.15) is 5.75 Å². The van der Waals surface area contributed by atoms with Gasteiger partial charge in [0.15, 0.2) is 5.75 Å². The average molecular weight is 277 g/mol. The summed E-state index contributed by atoms with van der Waals surface area (Å²) in [4.78, 5) is 12.5. The third kappa shape index (κ3) is 2.31. The second kappa shape index (κ2) is 5.07. The number of rotatable bonds is 3. The standard InChI is InChI=1S/C15H19NO4/c1-8(2)16-12-7-10(17)5-6-11(12)13(18)14(15(16)19)20-9(3)4/h5-9,17-18H,1-4H3. The number of nitrogens with zero attached hydrogens (tertiary/aromatic N) is 1. The summed E-state index contributed by atoms with van der Waals surface area (Å²) in [6, 6.07) is 4.39. The molecule has 108 valence electrons. The van der Waals surface area contributed by atoms with Gasteiger partial charge in [-0.2, -0.15) is 0 Å². The third-order valence-corrected chi connectivity index (χ3v) is 2.99. The van der Waals surface area contributed by atoms with Crippen molar-refractivity contribution < 1.29 is 14.9 Å². The molecule has 0 aliphatic heterocycles. The van der Waals surface area contributed by atoms with Crippen molar-refractivity contribution in [3.8, 4) is 17.2 Å². The zero-order chi connectivity index (χ0) is 15.0. The molecule has 0 fully saturated rings. The Morgan fingerprint density at radius 2 is 1.80 bits per heavy atom. The van der Waals surface area contributed by atoms with E-state index in [9.17, 15) is 15.0 Å². The number of benzene rings is 1. The lowest BCUT2D eigenvalue weighted by atomic mass is 10.1. The molecule has 2 rings (SSSR count). The topological polar surface area (TPSA) is 71.7 Å². The van der Waals surface area contributed by atoms with Gasteiger partial charge >= 0.3 is 0 Å². The molecule has 1 heterocycles. The minimum absolute atomic E-state index is 0.0447. The van der Waals surface area contributed by atoms with Crippen molar-refractivity contribution in [2.45, 2.75) is 39.8 Å². The van der Waals surface area contributed by atoms with Gasteiger partial charge < -0.3 is 19.5 Å². The van der Waals surface area contributed by atoms with Crippen molar-refractivity contribution in [1.29, 1.82) is 0 Å². The highest BCUT2D eigenvalue weighted by Gasteiger charge is 2.20. The second-order valence-corrected chi connectivity index (χ2v) is 5.31. The number of phenols is 1. The third-order valence-electron chi connectivity index (χ3n) is 2.99. The van der Waals surface area contributed by atoms with Crippen molar-refractivity contribution in [3.63, 3.8) is 0 Å². The van der Waals surface area contributed by atoms with Crippen molar-refractivity contribution in [2.24, 2.45) is 0 Å². The zero-order valence-electron chi connectivity index (χ0n) is 12.0. The molecule has 5 nitrogen and oxygen atoms in total. The number of phenolic OH excluding ortho intramolecular Hbond substituents is 1. The van der Waals surface area contributed by atoms with Crippen LogP contribution >= 0.6 is 0 Å². The Balaban J connectivity index is 2.90. The first kappa shape index (κ1) is 14.2. The maximum Gasteiger partial charge on any atom is 0.297 e. The highest BCUT2D eigenvalue weighted by atomic mass is 16.5. The lowest BCUT2D eigenvalue weighted by molar-refractivity contribution is 0.227. The summed E-state index contributed by atoms with van der Waals surface area (Å²) >= 11 is 0. The lowest BCUT2D eigenvalue weighted by Gasteiger charge is -2.19. The van der Waals surface area contributed by atoms with E-state index in [1.54, 1.807) is 19.9 Å². The highest BCUT2D eigenvalue weighted by Crippen LogP contribution is 2.34.